The normalized spacial score (nSPS) is 13.5. The van der Waals surface area contributed by atoms with Gasteiger partial charge in [-0.1, -0.05) is 23.7 Å². The minimum Gasteiger partial charge on any atom is -0.269 e. The Bertz CT molecular complexity index is 1070. The van der Waals surface area contributed by atoms with E-state index >= 15 is 0 Å². The number of hydrogen-bond acceptors (Lipinski definition) is 3. The van der Waals surface area contributed by atoms with Crippen molar-refractivity contribution in [2.45, 2.75) is 24.4 Å². The van der Waals surface area contributed by atoms with Crippen molar-refractivity contribution in [2.24, 2.45) is 0 Å². The maximum absolute atomic E-state index is 13.5. The van der Waals surface area contributed by atoms with Crippen LogP contribution in [0.1, 0.15) is 25.3 Å². The Kier molecular flexibility index (Phi) is 4.96. The van der Waals surface area contributed by atoms with Crippen LogP contribution < -0.4 is 4.72 Å². The molecule has 1 atom stereocenters. The molecule has 0 radical (unpaired) electrons. The number of aromatic nitrogens is 2. The highest BCUT2D eigenvalue weighted by Crippen LogP contribution is 2.28. The molecule has 0 bridgehead atoms. The van der Waals surface area contributed by atoms with Crippen molar-refractivity contribution in [3.05, 3.63) is 59.1 Å². The Balaban J connectivity index is 2.01. The van der Waals surface area contributed by atoms with Crippen LogP contribution in [0.15, 0.2) is 47.4 Å². The summed E-state index contributed by atoms with van der Waals surface area (Å²) in [5.74, 6) is -0.843. The summed E-state index contributed by atoms with van der Waals surface area (Å²) in [5, 5.41) is -0.313. The molecule has 10 heteroatoms. The summed E-state index contributed by atoms with van der Waals surface area (Å²) in [5.41, 5.74) is 0.497. The van der Waals surface area contributed by atoms with Crippen molar-refractivity contribution in [1.82, 2.24) is 14.3 Å². The van der Waals surface area contributed by atoms with E-state index in [1.807, 2.05) is 0 Å². The summed E-state index contributed by atoms with van der Waals surface area (Å²) < 4.78 is 68.0. The topological polar surface area (TPSA) is 64.0 Å². The van der Waals surface area contributed by atoms with Gasteiger partial charge < -0.3 is 0 Å². The first kappa shape index (κ1) is 18.7. The first-order chi connectivity index (χ1) is 12.2. The van der Waals surface area contributed by atoms with E-state index in [0.29, 0.717) is 10.1 Å². The summed E-state index contributed by atoms with van der Waals surface area (Å²) >= 11 is 5.79. The lowest BCUT2D eigenvalue weighted by atomic mass is 10.3. The van der Waals surface area contributed by atoms with Crippen LogP contribution in [0, 0.1) is 5.82 Å². The average Bonchev–Trinajstić information content (AvgIpc) is 2.93. The van der Waals surface area contributed by atoms with Crippen LogP contribution in [0.2, 0.25) is 5.02 Å². The van der Waals surface area contributed by atoms with Crippen molar-refractivity contribution in [3.8, 4) is 0 Å². The van der Waals surface area contributed by atoms with E-state index in [9.17, 15) is 21.6 Å². The quantitative estimate of drug-likeness (QED) is 0.692. The first-order valence-electron chi connectivity index (χ1n) is 7.43. The van der Waals surface area contributed by atoms with Crippen LogP contribution >= 0.6 is 11.6 Å². The molecule has 0 aliphatic heterocycles. The second kappa shape index (κ2) is 6.90. The standard InChI is InChI=1S/C16H13ClF3N3O2S/c1-9(22-26(24,25)14-7-6-10(18)8-11(14)17)15-21-12-4-2-3-5-13(12)23(15)16(19)20/h2-9,16,22H,1H3/t9-/m0/s1. The molecule has 0 spiro atoms. The van der Waals surface area contributed by atoms with Crippen molar-refractivity contribution in [1.29, 1.82) is 0 Å². The fourth-order valence-electron chi connectivity index (χ4n) is 2.62. The zero-order chi connectivity index (χ0) is 19.1. The van der Waals surface area contributed by atoms with E-state index in [4.69, 9.17) is 11.6 Å². The number of alkyl halides is 2. The third-order valence-corrected chi connectivity index (χ3v) is 5.74. The molecule has 0 amide bonds. The van der Waals surface area contributed by atoms with Crippen LogP contribution in [-0.4, -0.2) is 18.0 Å². The maximum atomic E-state index is 13.5. The van der Waals surface area contributed by atoms with E-state index in [-0.39, 0.29) is 21.3 Å². The second-order valence-corrected chi connectivity index (χ2v) is 7.61. The number of nitrogens with zero attached hydrogens (tertiary/aromatic N) is 2. The zero-order valence-corrected chi connectivity index (χ0v) is 14.9. The largest absolute Gasteiger partial charge is 0.320 e. The number of halogens is 4. The van der Waals surface area contributed by atoms with Gasteiger partial charge in [0, 0.05) is 0 Å². The summed E-state index contributed by atoms with van der Waals surface area (Å²) in [6, 6.07) is 7.97. The fraction of sp³-hybridized carbons (Fsp3) is 0.188. The number of sulfonamides is 1. The molecule has 1 N–H and O–H groups in total. The van der Waals surface area contributed by atoms with E-state index < -0.39 is 28.4 Å². The molecule has 138 valence electrons. The number of nitrogens with one attached hydrogen (secondary N) is 1. The first-order valence-corrected chi connectivity index (χ1v) is 9.29. The fourth-order valence-corrected chi connectivity index (χ4v) is 4.35. The monoisotopic (exact) mass is 403 g/mol. The highest BCUT2D eigenvalue weighted by atomic mass is 35.5. The molecule has 3 rings (SSSR count). The predicted octanol–water partition coefficient (Wildman–Crippen LogP) is 4.26. The van der Waals surface area contributed by atoms with Gasteiger partial charge in [-0.15, -0.1) is 0 Å². The molecule has 3 aromatic rings. The van der Waals surface area contributed by atoms with Crippen LogP contribution in [0.5, 0.6) is 0 Å². The van der Waals surface area contributed by atoms with E-state index in [1.165, 1.54) is 13.0 Å². The van der Waals surface area contributed by atoms with Crippen molar-refractivity contribution >= 4 is 32.7 Å². The van der Waals surface area contributed by atoms with Gasteiger partial charge in [-0.2, -0.15) is 8.78 Å². The summed E-state index contributed by atoms with van der Waals surface area (Å²) in [6.45, 7) is -1.52. The molecular weight excluding hydrogens is 391 g/mol. The van der Waals surface area contributed by atoms with Crippen LogP contribution in [0.3, 0.4) is 0 Å². The molecule has 0 fully saturated rings. The highest BCUT2D eigenvalue weighted by Gasteiger charge is 2.27. The van der Waals surface area contributed by atoms with Gasteiger partial charge in [-0.25, -0.2) is 22.5 Å². The Hall–Kier alpha value is -2.10. The minimum atomic E-state index is -4.18. The molecule has 0 aliphatic rings. The molecular formula is C16H13ClF3N3O2S. The minimum absolute atomic E-state index is 0.150. The Morgan fingerprint density at radius 2 is 1.88 bits per heavy atom. The summed E-state index contributed by atoms with van der Waals surface area (Å²) in [4.78, 5) is 3.76. The van der Waals surface area contributed by atoms with Crippen molar-refractivity contribution < 1.29 is 21.6 Å². The number of rotatable bonds is 5. The summed E-state index contributed by atoms with van der Waals surface area (Å²) in [7, 11) is -4.18. The molecule has 1 aromatic heterocycles. The van der Waals surface area contributed by atoms with E-state index in [1.54, 1.807) is 18.2 Å². The molecule has 1 heterocycles. The highest BCUT2D eigenvalue weighted by molar-refractivity contribution is 7.89. The molecule has 0 aliphatic carbocycles. The maximum Gasteiger partial charge on any atom is 0.320 e. The van der Waals surface area contributed by atoms with Crippen molar-refractivity contribution in [3.63, 3.8) is 0 Å². The lowest BCUT2D eigenvalue weighted by Gasteiger charge is -2.16. The van der Waals surface area contributed by atoms with Gasteiger partial charge in [0.05, 0.1) is 22.1 Å². The smallest absolute Gasteiger partial charge is 0.269 e. The van der Waals surface area contributed by atoms with Gasteiger partial charge in [0.1, 0.15) is 16.5 Å². The third-order valence-electron chi connectivity index (χ3n) is 3.72. The van der Waals surface area contributed by atoms with E-state index in [2.05, 4.69) is 9.71 Å². The van der Waals surface area contributed by atoms with Gasteiger partial charge in [-0.3, -0.25) is 4.57 Å². The van der Waals surface area contributed by atoms with Crippen LogP contribution in [0.25, 0.3) is 11.0 Å². The Morgan fingerprint density at radius 1 is 1.19 bits per heavy atom. The van der Waals surface area contributed by atoms with Crippen LogP contribution in [0.4, 0.5) is 13.2 Å². The lowest BCUT2D eigenvalue weighted by molar-refractivity contribution is 0.0702. The Labute approximate surface area is 152 Å². The second-order valence-electron chi connectivity index (χ2n) is 5.52. The van der Waals surface area contributed by atoms with Gasteiger partial charge in [0.2, 0.25) is 10.0 Å². The third kappa shape index (κ3) is 3.42. The number of para-hydroxylation sites is 2. The van der Waals surface area contributed by atoms with Gasteiger partial charge in [-0.05, 0) is 37.3 Å². The number of fused-ring (bicyclic) bond motifs is 1. The lowest BCUT2D eigenvalue weighted by Crippen LogP contribution is -2.29. The molecule has 0 saturated heterocycles. The Morgan fingerprint density at radius 3 is 2.54 bits per heavy atom. The number of benzene rings is 2. The van der Waals surface area contributed by atoms with Crippen LogP contribution in [-0.2, 0) is 10.0 Å². The van der Waals surface area contributed by atoms with Crippen molar-refractivity contribution in [2.75, 3.05) is 0 Å². The van der Waals surface area contributed by atoms with Gasteiger partial charge >= 0.3 is 6.55 Å². The number of hydrogen-bond donors (Lipinski definition) is 1. The molecule has 2 aromatic carbocycles. The number of imidazole rings is 1. The molecule has 0 saturated carbocycles. The predicted molar refractivity (Wildman–Crippen MR) is 91.1 cm³/mol. The molecule has 26 heavy (non-hydrogen) atoms. The summed E-state index contributed by atoms with van der Waals surface area (Å²) in [6.07, 6.45) is 0. The SMILES string of the molecule is C[C@H](NS(=O)(=O)c1ccc(F)cc1Cl)c1nc2ccccc2n1C(F)F. The molecule has 5 nitrogen and oxygen atoms in total. The van der Waals surface area contributed by atoms with E-state index in [0.717, 1.165) is 18.2 Å². The van der Waals surface area contributed by atoms with Gasteiger partial charge in [0.15, 0.2) is 0 Å². The van der Waals surface area contributed by atoms with Gasteiger partial charge in [0.25, 0.3) is 0 Å². The average molecular weight is 404 g/mol. The zero-order valence-electron chi connectivity index (χ0n) is 13.3. The molecule has 0 unspecified atom stereocenters.